The van der Waals surface area contributed by atoms with Gasteiger partial charge in [-0.15, -0.1) is 0 Å². The number of carbonyl (C=O) groups excluding carboxylic acids is 1. The lowest BCUT2D eigenvalue weighted by Gasteiger charge is -2.05. The average Bonchev–Trinajstić information content (AvgIpc) is 2.97. The minimum absolute atomic E-state index is 0.0664. The molecule has 0 fully saturated rings. The molecule has 3 rings (SSSR count). The minimum Gasteiger partial charge on any atom is -0.484 e. The Morgan fingerprint density at radius 3 is 2.71 bits per heavy atom. The molecule has 1 N–H and O–H groups in total. The second-order valence-corrected chi connectivity index (χ2v) is 5.72. The molecule has 0 unspecified atom stereocenters. The lowest BCUT2D eigenvalue weighted by atomic mass is 10.3. The van der Waals surface area contributed by atoms with Crippen LogP contribution in [-0.2, 0) is 4.79 Å². The number of hydrogen-bond acceptors (Lipinski definition) is 6. The Kier molecular flexibility index (Phi) is 4.34. The van der Waals surface area contributed by atoms with Crippen molar-refractivity contribution in [2.24, 2.45) is 0 Å². The van der Waals surface area contributed by atoms with Gasteiger partial charge in [0.25, 0.3) is 11.6 Å². The van der Waals surface area contributed by atoms with E-state index >= 15 is 0 Å². The molecule has 9 heteroatoms. The number of anilines is 1. The number of ether oxygens (including phenoxy) is 1. The third kappa shape index (κ3) is 3.46. The Labute approximate surface area is 138 Å². The Bertz CT molecular complexity index is 911. The molecule has 0 aliphatic carbocycles. The molecule has 1 heterocycles. The summed E-state index contributed by atoms with van der Waals surface area (Å²) in [5, 5.41) is 13.3. The van der Waals surface area contributed by atoms with Crippen molar-refractivity contribution < 1.29 is 18.8 Å². The molecule has 2 aromatic carbocycles. The van der Waals surface area contributed by atoms with Gasteiger partial charge in [0.05, 0.1) is 9.62 Å². The molecule has 0 aliphatic heterocycles. The van der Waals surface area contributed by atoms with Crippen LogP contribution < -0.4 is 10.1 Å². The zero-order valence-corrected chi connectivity index (χ0v) is 12.9. The van der Waals surface area contributed by atoms with Crippen molar-refractivity contribution in [3.8, 4) is 5.75 Å². The number of amides is 1. The van der Waals surface area contributed by atoms with Crippen molar-refractivity contribution in [1.82, 2.24) is 4.98 Å². The fraction of sp³-hybridized carbons (Fsp3) is 0.0667. The van der Waals surface area contributed by atoms with Gasteiger partial charge in [0.2, 0.25) is 0 Å². The second kappa shape index (κ2) is 6.59. The lowest BCUT2D eigenvalue weighted by molar-refractivity contribution is -0.384. The summed E-state index contributed by atoms with van der Waals surface area (Å²) in [4.78, 5) is 25.9. The first-order valence-corrected chi connectivity index (χ1v) is 7.57. The monoisotopic (exact) mass is 347 g/mol. The highest BCUT2D eigenvalue weighted by molar-refractivity contribution is 7.22. The summed E-state index contributed by atoms with van der Waals surface area (Å²) in [6.07, 6.45) is 0. The number of hydrogen-bond donors (Lipinski definition) is 1. The van der Waals surface area contributed by atoms with Gasteiger partial charge >= 0.3 is 0 Å². The number of nitro groups is 1. The van der Waals surface area contributed by atoms with Gasteiger partial charge in [-0.05, 0) is 24.3 Å². The van der Waals surface area contributed by atoms with Gasteiger partial charge in [-0.25, -0.2) is 9.37 Å². The number of non-ortho nitro benzene ring substituents is 1. The van der Waals surface area contributed by atoms with E-state index in [0.29, 0.717) is 10.4 Å². The topological polar surface area (TPSA) is 94.4 Å². The zero-order chi connectivity index (χ0) is 17.1. The van der Waals surface area contributed by atoms with E-state index in [2.05, 4.69) is 10.3 Å². The highest BCUT2D eigenvalue weighted by atomic mass is 32.1. The van der Waals surface area contributed by atoms with E-state index in [0.717, 1.165) is 11.3 Å². The molecule has 122 valence electrons. The van der Waals surface area contributed by atoms with E-state index in [4.69, 9.17) is 4.74 Å². The van der Waals surface area contributed by atoms with Gasteiger partial charge in [0, 0.05) is 12.1 Å². The Balaban J connectivity index is 1.60. The van der Waals surface area contributed by atoms with Gasteiger partial charge in [-0.3, -0.25) is 20.2 Å². The minimum atomic E-state index is -0.525. The first-order valence-electron chi connectivity index (χ1n) is 6.75. The van der Waals surface area contributed by atoms with Crippen LogP contribution in [0.5, 0.6) is 5.75 Å². The first kappa shape index (κ1) is 15.8. The van der Waals surface area contributed by atoms with E-state index in [1.165, 1.54) is 30.3 Å². The zero-order valence-electron chi connectivity index (χ0n) is 12.1. The summed E-state index contributed by atoms with van der Waals surface area (Å²) in [6, 6.07) is 9.94. The standard InChI is InChI=1S/C15H10FN3O4S/c16-11-2-1-3-12-14(11)18-15(24-12)17-13(20)8-23-10-6-4-9(5-7-10)19(21)22/h1-7H,8H2,(H,17,18,20). The van der Waals surface area contributed by atoms with Gasteiger partial charge < -0.3 is 4.74 Å². The molecular formula is C15H10FN3O4S. The van der Waals surface area contributed by atoms with Gasteiger partial charge in [0.1, 0.15) is 17.1 Å². The third-order valence-electron chi connectivity index (χ3n) is 3.03. The maximum Gasteiger partial charge on any atom is 0.269 e. The number of thiazole rings is 1. The molecule has 1 amide bonds. The van der Waals surface area contributed by atoms with Gasteiger partial charge in [0.15, 0.2) is 11.7 Å². The molecule has 0 aliphatic rings. The number of fused-ring (bicyclic) bond motifs is 1. The number of para-hydroxylation sites is 1. The number of halogens is 1. The van der Waals surface area contributed by atoms with Crippen LogP contribution in [0.1, 0.15) is 0 Å². The van der Waals surface area contributed by atoms with Crippen LogP contribution in [0.2, 0.25) is 0 Å². The molecule has 24 heavy (non-hydrogen) atoms. The van der Waals surface area contributed by atoms with Crippen LogP contribution in [0, 0.1) is 15.9 Å². The van der Waals surface area contributed by atoms with Crippen molar-refractivity contribution in [3.63, 3.8) is 0 Å². The van der Waals surface area contributed by atoms with E-state index < -0.39 is 16.6 Å². The summed E-state index contributed by atoms with van der Waals surface area (Å²) in [5.41, 5.74) is 0.136. The van der Waals surface area contributed by atoms with Crippen molar-refractivity contribution >= 4 is 38.3 Å². The summed E-state index contributed by atoms with van der Waals surface area (Å²) in [7, 11) is 0. The molecule has 0 saturated heterocycles. The smallest absolute Gasteiger partial charge is 0.269 e. The molecule has 0 bridgehead atoms. The number of nitrogens with one attached hydrogen (secondary N) is 1. The highest BCUT2D eigenvalue weighted by Crippen LogP contribution is 2.27. The quantitative estimate of drug-likeness (QED) is 0.564. The van der Waals surface area contributed by atoms with Crippen LogP contribution in [0.4, 0.5) is 15.2 Å². The molecule has 0 saturated carbocycles. The van der Waals surface area contributed by atoms with Crippen molar-refractivity contribution in [2.75, 3.05) is 11.9 Å². The molecule has 3 aromatic rings. The number of rotatable bonds is 5. The fourth-order valence-electron chi connectivity index (χ4n) is 1.94. The number of nitrogens with zero attached hydrogens (tertiary/aromatic N) is 2. The van der Waals surface area contributed by atoms with Crippen LogP contribution >= 0.6 is 11.3 Å². The maximum absolute atomic E-state index is 13.6. The van der Waals surface area contributed by atoms with Crippen molar-refractivity contribution in [2.45, 2.75) is 0 Å². The van der Waals surface area contributed by atoms with Crippen molar-refractivity contribution in [3.05, 3.63) is 58.4 Å². The molecular weight excluding hydrogens is 337 g/mol. The molecule has 1 aromatic heterocycles. The second-order valence-electron chi connectivity index (χ2n) is 4.69. The fourth-order valence-corrected chi connectivity index (χ4v) is 2.83. The molecule has 7 nitrogen and oxygen atoms in total. The Hall–Kier alpha value is -3.07. The Morgan fingerprint density at radius 1 is 1.29 bits per heavy atom. The number of benzene rings is 2. The molecule has 0 radical (unpaired) electrons. The largest absolute Gasteiger partial charge is 0.484 e. The number of aromatic nitrogens is 1. The lowest BCUT2D eigenvalue weighted by Crippen LogP contribution is -2.20. The number of carbonyl (C=O) groups is 1. The summed E-state index contributed by atoms with van der Waals surface area (Å²) in [5.74, 6) is -0.592. The normalized spacial score (nSPS) is 10.5. The van der Waals surface area contributed by atoms with E-state index in [1.807, 2.05) is 0 Å². The van der Waals surface area contributed by atoms with Crippen LogP contribution in [0.25, 0.3) is 10.2 Å². The number of nitro benzene ring substituents is 1. The van der Waals surface area contributed by atoms with Crippen LogP contribution in [0.15, 0.2) is 42.5 Å². The van der Waals surface area contributed by atoms with Gasteiger partial charge in [-0.1, -0.05) is 17.4 Å². The van der Waals surface area contributed by atoms with Crippen LogP contribution in [0.3, 0.4) is 0 Å². The maximum atomic E-state index is 13.6. The summed E-state index contributed by atoms with van der Waals surface area (Å²) < 4.78 is 19.4. The van der Waals surface area contributed by atoms with E-state index in [9.17, 15) is 19.3 Å². The Morgan fingerprint density at radius 2 is 2.04 bits per heavy atom. The van der Waals surface area contributed by atoms with E-state index in [-0.39, 0.29) is 22.9 Å². The predicted molar refractivity (Wildman–Crippen MR) is 86.8 cm³/mol. The summed E-state index contributed by atoms with van der Waals surface area (Å²) in [6.45, 7) is -0.295. The van der Waals surface area contributed by atoms with Crippen molar-refractivity contribution in [1.29, 1.82) is 0 Å². The van der Waals surface area contributed by atoms with Gasteiger partial charge in [-0.2, -0.15) is 0 Å². The van der Waals surface area contributed by atoms with Crippen LogP contribution in [-0.4, -0.2) is 22.4 Å². The SMILES string of the molecule is O=C(COc1ccc([N+](=O)[O-])cc1)Nc1nc2c(F)cccc2s1. The third-order valence-corrected chi connectivity index (χ3v) is 3.97. The summed E-state index contributed by atoms with van der Waals surface area (Å²) >= 11 is 1.15. The predicted octanol–water partition coefficient (Wildman–Crippen LogP) is 3.36. The molecule has 0 atom stereocenters. The highest BCUT2D eigenvalue weighted by Gasteiger charge is 2.11. The average molecular weight is 347 g/mol. The molecule has 0 spiro atoms. The first-order chi connectivity index (χ1) is 11.5. The van der Waals surface area contributed by atoms with E-state index in [1.54, 1.807) is 12.1 Å².